The molecule has 0 fully saturated rings. The van der Waals surface area contributed by atoms with Crippen LogP contribution < -0.4 is 9.62 Å². The summed E-state index contributed by atoms with van der Waals surface area (Å²) in [5.41, 5.74) is 1.07. The van der Waals surface area contributed by atoms with Gasteiger partial charge in [-0.1, -0.05) is 64.8 Å². The number of benzene rings is 3. The highest BCUT2D eigenvalue weighted by atomic mass is 79.9. The highest BCUT2D eigenvalue weighted by molar-refractivity contribution is 9.10. The van der Waals surface area contributed by atoms with E-state index < -0.39 is 28.5 Å². The van der Waals surface area contributed by atoms with Crippen molar-refractivity contribution in [2.24, 2.45) is 0 Å². The first-order valence-corrected chi connectivity index (χ1v) is 14.8. The van der Waals surface area contributed by atoms with Gasteiger partial charge >= 0.3 is 0 Å². The van der Waals surface area contributed by atoms with Crippen molar-refractivity contribution in [3.8, 4) is 0 Å². The fourth-order valence-electron chi connectivity index (χ4n) is 3.74. The molecule has 2 amide bonds. The molecule has 7 nitrogen and oxygen atoms in total. The lowest BCUT2D eigenvalue weighted by Gasteiger charge is -2.32. The van der Waals surface area contributed by atoms with Gasteiger partial charge in [-0.3, -0.25) is 13.9 Å². The molecule has 0 aliphatic rings. The summed E-state index contributed by atoms with van der Waals surface area (Å²) in [6.45, 7) is 5.10. The predicted molar refractivity (Wildman–Crippen MR) is 154 cm³/mol. The largest absolute Gasteiger partial charge is 0.352 e. The molecular formula is C28H31BrClN3O4S. The number of carbonyl (C=O) groups is 2. The maximum atomic E-state index is 13.9. The molecule has 3 rings (SSSR count). The fraction of sp³-hybridized carbons (Fsp3) is 0.286. The van der Waals surface area contributed by atoms with Gasteiger partial charge in [-0.15, -0.1) is 0 Å². The van der Waals surface area contributed by atoms with Crippen molar-refractivity contribution >= 4 is 55.1 Å². The first kappa shape index (κ1) is 29.7. The van der Waals surface area contributed by atoms with Crippen LogP contribution in [0.15, 0.2) is 88.2 Å². The van der Waals surface area contributed by atoms with Gasteiger partial charge in [-0.2, -0.15) is 0 Å². The molecule has 0 bridgehead atoms. The van der Waals surface area contributed by atoms with Crippen LogP contribution in [0.1, 0.15) is 32.8 Å². The number of halogens is 2. The molecule has 2 atom stereocenters. The number of hydrogen-bond donors (Lipinski definition) is 1. The van der Waals surface area contributed by atoms with Gasteiger partial charge in [0.1, 0.15) is 12.6 Å². The second kappa shape index (κ2) is 13.3. The van der Waals surface area contributed by atoms with E-state index in [-0.39, 0.29) is 29.1 Å². The van der Waals surface area contributed by atoms with Crippen LogP contribution in [-0.2, 0) is 26.2 Å². The van der Waals surface area contributed by atoms with Crippen molar-refractivity contribution in [2.45, 2.75) is 50.7 Å². The summed E-state index contributed by atoms with van der Waals surface area (Å²) in [6.07, 6.45) is 0.734. The Kier molecular flexibility index (Phi) is 10.4. The molecule has 10 heteroatoms. The number of amides is 2. The van der Waals surface area contributed by atoms with Gasteiger partial charge in [0.15, 0.2) is 0 Å². The van der Waals surface area contributed by atoms with Crippen LogP contribution in [0.4, 0.5) is 5.69 Å². The summed E-state index contributed by atoms with van der Waals surface area (Å²) in [5, 5.41) is 3.35. The number of rotatable bonds is 11. The molecule has 0 saturated heterocycles. The number of carbonyl (C=O) groups excluding carboxylic acids is 2. The average molecular weight is 621 g/mol. The van der Waals surface area contributed by atoms with Crippen LogP contribution >= 0.6 is 27.5 Å². The lowest BCUT2D eigenvalue weighted by Crippen LogP contribution is -2.52. The van der Waals surface area contributed by atoms with E-state index >= 15 is 0 Å². The normalized spacial score (nSPS) is 12.9. The van der Waals surface area contributed by atoms with Crippen molar-refractivity contribution in [2.75, 3.05) is 10.8 Å². The Bertz CT molecular complexity index is 1350. The molecule has 1 N–H and O–H groups in total. The van der Waals surface area contributed by atoms with Crippen molar-refractivity contribution in [3.05, 3.63) is 93.9 Å². The SMILES string of the molecule is CC[C@H](C)NC(=O)[C@@H](C)N(Cc1cccc(Br)c1)C(=O)CN(c1ccc(Cl)cc1)S(=O)(=O)c1ccccc1. The summed E-state index contributed by atoms with van der Waals surface area (Å²) < 4.78 is 29.3. The maximum absolute atomic E-state index is 13.9. The molecule has 0 saturated carbocycles. The van der Waals surface area contributed by atoms with E-state index in [0.29, 0.717) is 5.02 Å². The zero-order valence-electron chi connectivity index (χ0n) is 21.5. The molecule has 0 aliphatic heterocycles. The Labute approximate surface area is 238 Å². The smallest absolute Gasteiger partial charge is 0.264 e. The minimum Gasteiger partial charge on any atom is -0.352 e. The van der Waals surface area contributed by atoms with Crippen LogP contribution in [0.3, 0.4) is 0 Å². The average Bonchev–Trinajstić information content (AvgIpc) is 2.90. The first-order chi connectivity index (χ1) is 18.0. The number of hydrogen-bond acceptors (Lipinski definition) is 4. The van der Waals surface area contributed by atoms with Crippen molar-refractivity contribution < 1.29 is 18.0 Å². The summed E-state index contributed by atoms with van der Waals surface area (Å²) in [6, 6.07) is 20.6. The van der Waals surface area contributed by atoms with Gasteiger partial charge < -0.3 is 10.2 Å². The number of anilines is 1. The van der Waals surface area contributed by atoms with E-state index in [1.54, 1.807) is 49.4 Å². The quantitative estimate of drug-likeness (QED) is 0.301. The van der Waals surface area contributed by atoms with E-state index in [1.807, 2.05) is 38.1 Å². The number of nitrogens with zero attached hydrogens (tertiary/aromatic N) is 2. The third-order valence-corrected chi connectivity index (χ3v) is 8.67. The standard InChI is InChI=1S/C28H31BrClN3O4S/c1-4-20(2)31-28(35)21(3)32(18-22-9-8-10-23(29)17-22)27(34)19-33(25-15-13-24(30)14-16-25)38(36,37)26-11-6-5-7-12-26/h5-17,20-21H,4,18-19H2,1-3H3,(H,31,35)/t20-,21+/m0/s1. The van der Waals surface area contributed by atoms with Gasteiger partial charge in [0.2, 0.25) is 11.8 Å². The Morgan fingerprint density at radius 3 is 2.24 bits per heavy atom. The van der Waals surface area contributed by atoms with E-state index in [0.717, 1.165) is 20.8 Å². The van der Waals surface area contributed by atoms with Crippen LogP contribution in [0.25, 0.3) is 0 Å². The highest BCUT2D eigenvalue weighted by Gasteiger charge is 2.32. The van der Waals surface area contributed by atoms with E-state index in [1.165, 1.54) is 17.0 Å². The molecule has 3 aromatic carbocycles. The van der Waals surface area contributed by atoms with Crippen molar-refractivity contribution in [1.82, 2.24) is 10.2 Å². The molecule has 0 aromatic heterocycles. The molecule has 38 heavy (non-hydrogen) atoms. The molecule has 0 spiro atoms. The summed E-state index contributed by atoms with van der Waals surface area (Å²) >= 11 is 9.49. The molecule has 3 aromatic rings. The first-order valence-electron chi connectivity index (χ1n) is 12.2. The minimum atomic E-state index is -4.11. The Hall–Kier alpha value is -2.88. The van der Waals surface area contributed by atoms with Crippen LogP contribution in [0.5, 0.6) is 0 Å². The van der Waals surface area contributed by atoms with Crippen molar-refractivity contribution in [1.29, 1.82) is 0 Å². The molecule has 202 valence electrons. The number of nitrogens with one attached hydrogen (secondary N) is 1. The minimum absolute atomic E-state index is 0.0452. The van der Waals surface area contributed by atoms with Crippen LogP contribution in [0, 0.1) is 0 Å². The molecule has 0 heterocycles. The second-order valence-electron chi connectivity index (χ2n) is 8.95. The Balaban J connectivity index is 2.01. The topological polar surface area (TPSA) is 86.8 Å². The van der Waals surface area contributed by atoms with E-state index in [9.17, 15) is 18.0 Å². The lowest BCUT2D eigenvalue weighted by molar-refractivity contribution is -0.139. The molecular weight excluding hydrogens is 590 g/mol. The maximum Gasteiger partial charge on any atom is 0.264 e. The summed E-state index contributed by atoms with van der Waals surface area (Å²) in [7, 11) is -4.11. The third kappa shape index (κ3) is 7.58. The van der Waals surface area contributed by atoms with Crippen LogP contribution in [-0.4, -0.2) is 43.8 Å². The Morgan fingerprint density at radius 2 is 1.63 bits per heavy atom. The summed E-state index contributed by atoms with van der Waals surface area (Å²) in [4.78, 5) is 28.4. The van der Waals surface area contributed by atoms with Crippen LogP contribution in [0.2, 0.25) is 5.02 Å². The zero-order chi connectivity index (χ0) is 27.9. The van der Waals surface area contributed by atoms with Gasteiger partial charge in [-0.25, -0.2) is 8.42 Å². The van der Waals surface area contributed by atoms with E-state index in [4.69, 9.17) is 11.6 Å². The highest BCUT2D eigenvalue weighted by Crippen LogP contribution is 2.26. The lowest BCUT2D eigenvalue weighted by atomic mass is 10.1. The summed E-state index contributed by atoms with van der Waals surface area (Å²) in [5.74, 6) is -0.835. The second-order valence-corrected chi connectivity index (χ2v) is 12.2. The fourth-order valence-corrected chi connectivity index (χ4v) is 5.74. The number of sulfonamides is 1. The van der Waals surface area contributed by atoms with Gasteiger partial charge in [-0.05, 0) is 74.4 Å². The Morgan fingerprint density at radius 1 is 0.974 bits per heavy atom. The predicted octanol–water partition coefficient (Wildman–Crippen LogP) is 5.63. The molecule has 0 unspecified atom stereocenters. The van der Waals surface area contributed by atoms with Crippen molar-refractivity contribution in [3.63, 3.8) is 0 Å². The van der Waals surface area contributed by atoms with Gasteiger partial charge in [0.25, 0.3) is 10.0 Å². The molecule has 0 radical (unpaired) electrons. The third-order valence-electron chi connectivity index (χ3n) is 6.13. The molecule has 0 aliphatic carbocycles. The monoisotopic (exact) mass is 619 g/mol. The van der Waals surface area contributed by atoms with E-state index in [2.05, 4.69) is 21.2 Å². The van der Waals surface area contributed by atoms with Gasteiger partial charge in [0.05, 0.1) is 10.6 Å². The van der Waals surface area contributed by atoms with Gasteiger partial charge in [0, 0.05) is 22.1 Å². The zero-order valence-corrected chi connectivity index (χ0v) is 24.6.